The van der Waals surface area contributed by atoms with E-state index in [0.29, 0.717) is 25.7 Å². The molecule has 344 valence electrons. The fourth-order valence-corrected chi connectivity index (χ4v) is 6.97. The quantitative estimate of drug-likeness (QED) is 0.0323. The molecule has 0 aliphatic carbocycles. The van der Waals surface area contributed by atoms with Crippen LogP contribution in [0, 0.1) is 0 Å². The van der Waals surface area contributed by atoms with Crippen LogP contribution in [0.5, 0.6) is 0 Å². The highest BCUT2D eigenvalue weighted by atomic mass is 16.5. The summed E-state index contributed by atoms with van der Waals surface area (Å²) in [5.74, 6) is -0.570. The lowest BCUT2D eigenvalue weighted by atomic mass is 10.0. The van der Waals surface area contributed by atoms with Gasteiger partial charge in [0.2, 0.25) is 5.91 Å². The molecule has 0 aromatic carbocycles. The molecular weight excluding hydrogens is 743 g/mol. The van der Waals surface area contributed by atoms with Crippen LogP contribution in [-0.4, -0.2) is 46.9 Å². The number of esters is 1. The second-order valence-corrected chi connectivity index (χ2v) is 16.5. The maximum absolute atomic E-state index is 13.2. The smallest absolute Gasteiger partial charge is 0.306 e. The first-order valence-corrected chi connectivity index (χ1v) is 24.8. The number of aliphatic hydroxyl groups excluding tert-OH is 2. The lowest BCUT2D eigenvalue weighted by Crippen LogP contribution is -2.46. The summed E-state index contributed by atoms with van der Waals surface area (Å²) < 4.78 is 5.89. The third-order valence-corrected chi connectivity index (χ3v) is 10.7. The fraction of sp³-hybridized carbons (Fsp3) is 0.704. The second kappa shape index (κ2) is 47.1. The first kappa shape index (κ1) is 57.0. The number of unbranched alkanes of at least 4 members (excludes halogenated alkanes) is 17. The summed E-state index contributed by atoms with van der Waals surface area (Å²) in [5.41, 5.74) is 0. The second-order valence-electron chi connectivity index (χ2n) is 16.5. The molecule has 0 rings (SSSR count). The molecule has 0 saturated heterocycles. The molecule has 0 fully saturated rings. The SMILES string of the molecule is CC/C=C/C/C=C/C/C=C/CCCCCCC(CC(=O)NC(CO)C(O)CCCCCCCCCCCC)OC(=O)CCC/C=C\C/C=C\C/C=C\C/C=C\CCCCC. The van der Waals surface area contributed by atoms with Gasteiger partial charge in [-0.1, -0.05) is 196 Å². The van der Waals surface area contributed by atoms with E-state index in [4.69, 9.17) is 4.74 Å². The van der Waals surface area contributed by atoms with Gasteiger partial charge in [-0.25, -0.2) is 0 Å². The first-order chi connectivity index (χ1) is 29.5. The van der Waals surface area contributed by atoms with Gasteiger partial charge >= 0.3 is 5.97 Å². The number of hydrogen-bond donors (Lipinski definition) is 3. The Bertz CT molecular complexity index is 1160. The normalized spacial score (nSPS) is 14.0. The van der Waals surface area contributed by atoms with E-state index in [0.717, 1.165) is 96.3 Å². The van der Waals surface area contributed by atoms with Crippen molar-refractivity contribution in [1.82, 2.24) is 5.32 Å². The Morgan fingerprint density at radius 1 is 0.500 bits per heavy atom. The van der Waals surface area contributed by atoms with E-state index < -0.39 is 18.2 Å². The maximum Gasteiger partial charge on any atom is 0.306 e. The van der Waals surface area contributed by atoms with Crippen molar-refractivity contribution in [2.45, 2.75) is 238 Å². The summed E-state index contributed by atoms with van der Waals surface area (Å²) in [6.07, 6.45) is 60.7. The van der Waals surface area contributed by atoms with Crippen LogP contribution < -0.4 is 5.32 Å². The molecule has 0 aromatic heterocycles. The van der Waals surface area contributed by atoms with Gasteiger partial charge in [0.05, 0.1) is 25.2 Å². The Labute approximate surface area is 370 Å². The molecule has 3 atom stereocenters. The fourth-order valence-electron chi connectivity index (χ4n) is 6.97. The molecule has 0 aliphatic rings. The zero-order valence-corrected chi connectivity index (χ0v) is 39.1. The minimum atomic E-state index is -0.806. The van der Waals surface area contributed by atoms with Crippen LogP contribution in [0.4, 0.5) is 0 Å². The number of allylic oxidation sites excluding steroid dienone is 14. The predicted molar refractivity (Wildman–Crippen MR) is 259 cm³/mol. The summed E-state index contributed by atoms with van der Waals surface area (Å²) >= 11 is 0. The summed E-state index contributed by atoms with van der Waals surface area (Å²) in [6, 6.07) is -0.723. The molecule has 0 radical (unpaired) electrons. The van der Waals surface area contributed by atoms with E-state index in [2.05, 4.69) is 111 Å². The predicted octanol–water partition coefficient (Wildman–Crippen LogP) is 14.8. The molecular formula is C54H93NO5. The van der Waals surface area contributed by atoms with Crippen LogP contribution in [0.1, 0.15) is 220 Å². The highest BCUT2D eigenvalue weighted by molar-refractivity contribution is 5.77. The molecule has 0 spiro atoms. The summed E-state index contributed by atoms with van der Waals surface area (Å²) in [4.78, 5) is 26.1. The number of ether oxygens (including phenoxy) is 1. The van der Waals surface area contributed by atoms with E-state index in [9.17, 15) is 19.8 Å². The number of hydrogen-bond acceptors (Lipinski definition) is 5. The maximum atomic E-state index is 13.2. The van der Waals surface area contributed by atoms with E-state index in [1.807, 2.05) is 0 Å². The van der Waals surface area contributed by atoms with Crippen molar-refractivity contribution in [3.05, 3.63) is 85.1 Å². The Morgan fingerprint density at radius 3 is 1.40 bits per heavy atom. The van der Waals surface area contributed by atoms with E-state index in [1.54, 1.807) is 0 Å². The minimum absolute atomic E-state index is 0.0366. The van der Waals surface area contributed by atoms with Crippen LogP contribution in [-0.2, 0) is 14.3 Å². The van der Waals surface area contributed by atoms with Gasteiger partial charge in [-0.3, -0.25) is 9.59 Å². The van der Waals surface area contributed by atoms with Crippen LogP contribution in [0.25, 0.3) is 0 Å². The average Bonchev–Trinajstić information content (AvgIpc) is 3.24. The summed E-state index contributed by atoms with van der Waals surface area (Å²) in [5, 5.41) is 23.7. The number of carbonyl (C=O) groups excluding carboxylic acids is 2. The van der Waals surface area contributed by atoms with Crippen molar-refractivity contribution in [3.63, 3.8) is 0 Å². The monoisotopic (exact) mass is 836 g/mol. The highest BCUT2D eigenvalue weighted by Gasteiger charge is 2.24. The molecule has 3 unspecified atom stereocenters. The lowest BCUT2D eigenvalue weighted by molar-refractivity contribution is -0.151. The topological polar surface area (TPSA) is 95.9 Å². The van der Waals surface area contributed by atoms with Gasteiger partial charge in [0.25, 0.3) is 0 Å². The van der Waals surface area contributed by atoms with Crippen LogP contribution in [0.2, 0.25) is 0 Å². The molecule has 0 aliphatic heterocycles. The van der Waals surface area contributed by atoms with Crippen molar-refractivity contribution in [2.24, 2.45) is 0 Å². The van der Waals surface area contributed by atoms with Crippen LogP contribution >= 0.6 is 0 Å². The van der Waals surface area contributed by atoms with Gasteiger partial charge in [-0.05, 0) is 96.3 Å². The molecule has 60 heavy (non-hydrogen) atoms. The lowest BCUT2D eigenvalue weighted by Gasteiger charge is -2.24. The molecule has 6 nitrogen and oxygen atoms in total. The number of carbonyl (C=O) groups is 2. The minimum Gasteiger partial charge on any atom is -0.462 e. The molecule has 0 aromatic rings. The number of rotatable bonds is 43. The highest BCUT2D eigenvalue weighted by Crippen LogP contribution is 2.16. The van der Waals surface area contributed by atoms with Gasteiger partial charge < -0.3 is 20.3 Å². The van der Waals surface area contributed by atoms with E-state index in [-0.39, 0.29) is 24.9 Å². The Balaban J connectivity index is 4.73. The average molecular weight is 836 g/mol. The number of nitrogens with one attached hydrogen (secondary N) is 1. The third-order valence-electron chi connectivity index (χ3n) is 10.7. The molecule has 0 saturated carbocycles. The zero-order valence-electron chi connectivity index (χ0n) is 39.1. The van der Waals surface area contributed by atoms with Gasteiger partial charge in [0, 0.05) is 6.42 Å². The van der Waals surface area contributed by atoms with Gasteiger partial charge in [0.1, 0.15) is 6.10 Å². The van der Waals surface area contributed by atoms with Crippen molar-refractivity contribution >= 4 is 11.9 Å². The zero-order chi connectivity index (χ0) is 43.8. The molecule has 0 bridgehead atoms. The molecule has 0 heterocycles. The van der Waals surface area contributed by atoms with Crippen molar-refractivity contribution in [2.75, 3.05) is 6.61 Å². The van der Waals surface area contributed by atoms with Crippen molar-refractivity contribution in [3.8, 4) is 0 Å². The van der Waals surface area contributed by atoms with Gasteiger partial charge in [-0.2, -0.15) is 0 Å². The Morgan fingerprint density at radius 2 is 0.900 bits per heavy atom. The number of amides is 1. The summed E-state index contributed by atoms with van der Waals surface area (Å²) in [7, 11) is 0. The largest absolute Gasteiger partial charge is 0.462 e. The van der Waals surface area contributed by atoms with E-state index >= 15 is 0 Å². The molecule has 1 amide bonds. The number of aliphatic hydroxyl groups is 2. The third kappa shape index (κ3) is 41.8. The van der Waals surface area contributed by atoms with E-state index in [1.165, 1.54) is 70.6 Å². The van der Waals surface area contributed by atoms with Gasteiger partial charge in [0.15, 0.2) is 0 Å². The van der Waals surface area contributed by atoms with Crippen molar-refractivity contribution in [1.29, 1.82) is 0 Å². The summed E-state index contributed by atoms with van der Waals surface area (Å²) in [6.45, 7) is 6.30. The van der Waals surface area contributed by atoms with Crippen LogP contribution in [0.3, 0.4) is 0 Å². The molecule has 3 N–H and O–H groups in total. The van der Waals surface area contributed by atoms with Crippen molar-refractivity contribution < 1.29 is 24.5 Å². The molecule has 6 heteroatoms. The first-order valence-electron chi connectivity index (χ1n) is 24.8. The Hall–Kier alpha value is -2.96. The Kier molecular flexibility index (Phi) is 44.8. The standard InChI is InChI=1S/C54H93NO5/c1-4-7-10-13-16-19-22-24-26-27-28-30-32-35-38-41-44-47-54(59)60-50(45-42-39-36-33-31-29-25-23-20-17-14-11-8-5-2)48-53(58)55-51(49-56)52(57)46-43-40-37-34-21-18-15-12-9-6-3/h8,11,16-17,19-20,24-26,28-30,35,38,50-52,56-57H,4-7,9-10,12-15,18,21-23,27,31-34,36-37,39-49H2,1-3H3,(H,55,58)/b11-8+,19-16-,20-17+,26-24-,29-25+,30-28-,38-35-. The van der Waals surface area contributed by atoms with Gasteiger partial charge in [-0.15, -0.1) is 0 Å². The van der Waals surface area contributed by atoms with Crippen LogP contribution in [0.15, 0.2) is 85.1 Å².